The van der Waals surface area contributed by atoms with Crippen molar-refractivity contribution in [1.29, 1.82) is 0 Å². The highest BCUT2D eigenvalue weighted by atomic mass is 31.2. The third kappa shape index (κ3) is 7.73. The number of halogens is 2. The van der Waals surface area contributed by atoms with Crippen molar-refractivity contribution in [3.63, 3.8) is 0 Å². The summed E-state index contributed by atoms with van der Waals surface area (Å²) < 4.78 is 40.5. The monoisotopic (exact) mass is 783 g/mol. The lowest BCUT2D eigenvalue weighted by Gasteiger charge is -2.39. The molecule has 3 heterocycles. The number of hydrogen-bond donors (Lipinski definition) is 5. The highest BCUT2D eigenvalue weighted by Gasteiger charge is 2.50. The van der Waals surface area contributed by atoms with Crippen molar-refractivity contribution in [3.05, 3.63) is 126 Å². The molecule has 2 aliphatic rings. The average molecular weight is 784 g/mol. The van der Waals surface area contributed by atoms with Gasteiger partial charge in [-0.25, -0.2) is 0 Å². The lowest BCUT2D eigenvalue weighted by Crippen LogP contribution is -2.61. The summed E-state index contributed by atoms with van der Waals surface area (Å²) in [6, 6.07) is 27.9. The van der Waals surface area contributed by atoms with Crippen molar-refractivity contribution in [1.82, 2.24) is 20.1 Å². The van der Waals surface area contributed by atoms with Gasteiger partial charge in [-0.3, -0.25) is 23.7 Å². The molecule has 2 saturated heterocycles. The van der Waals surface area contributed by atoms with E-state index in [1.165, 1.54) is 17.0 Å². The molecular formula is C41H40F2N5O7P. The van der Waals surface area contributed by atoms with E-state index in [-0.39, 0.29) is 41.5 Å². The zero-order valence-electron chi connectivity index (χ0n) is 30.3. The summed E-state index contributed by atoms with van der Waals surface area (Å²) in [7, 11) is -5.84. The van der Waals surface area contributed by atoms with Crippen molar-refractivity contribution in [2.45, 2.75) is 55.9 Å². The zero-order chi connectivity index (χ0) is 39.8. The fourth-order valence-electron chi connectivity index (χ4n) is 7.55. The number of fused-ring (bicyclic) bond motifs is 2. The van der Waals surface area contributed by atoms with Crippen LogP contribution in [0.15, 0.2) is 109 Å². The highest BCUT2D eigenvalue weighted by molar-refractivity contribution is 7.52. The molecule has 0 saturated carbocycles. The van der Waals surface area contributed by atoms with Gasteiger partial charge in [-0.05, 0) is 73.2 Å². The molecule has 12 nitrogen and oxygen atoms in total. The van der Waals surface area contributed by atoms with Crippen LogP contribution in [0.25, 0.3) is 22.0 Å². The van der Waals surface area contributed by atoms with Crippen LogP contribution in [0, 0.1) is 0 Å². The Morgan fingerprint density at radius 1 is 0.875 bits per heavy atom. The van der Waals surface area contributed by atoms with E-state index in [1.807, 2.05) is 72.8 Å². The quantitative estimate of drug-likeness (QED) is 0.111. The minimum atomic E-state index is -5.84. The van der Waals surface area contributed by atoms with Crippen LogP contribution in [0.4, 0.5) is 14.5 Å². The van der Waals surface area contributed by atoms with Gasteiger partial charge in [0.15, 0.2) is 0 Å². The first-order chi connectivity index (χ1) is 26.7. The second-order valence-electron chi connectivity index (χ2n) is 14.2. The number of H-pyrrole nitrogens is 1. The van der Waals surface area contributed by atoms with Gasteiger partial charge < -0.3 is 35.2 Å². The van der Waals surface area contributed by atoms with E-state index in [4.69, 9.17) is 0 Å². The Morgan fingerprint density at radius 2 is 1.54 bits per heavy atom. The molecule has 4 aromatic carbocycles. The smallest absolute Gasteiger partial charge is 0.351 e. The fourth-order valence-corrected chi connectivity index (χ4v) is 8.02. The Bertz CT molecular complexity index is 2320. The van der Waals surface area contributed by atoms with Crippen molar-refractivity contribution < 1.29 is 42.3 Å². The molecule has 1 unspecified atom stereocenters. The number of alkyl halides is 2. The molecule has 2 fully saturated rings. The number of benzene rings is 4. The summed E-state index contributed by atoms with van der Waals surface area (Å²) in [5, 5.41) is 5.75. The molecule has 4 atom stereocenters. The molecule has 56 heavy (non-hydrogen) atoms. The summed E-state index contributed by atoms with van der Waals surface area (Å²) in [5.41, 5.74) is -1.96. The molecular weight excluding hydrogens is 743 g/mol. The van der Waals surface area contributed by atoms with Gasteiger partial charge in [-0.2, -0.15) is 8.78 Å². The predicted octanol–water partition coefficient (Wildman–Crippen LogP) is 6.19. The molecule has 2 aliphatic heterocycles. The van der Waals surface area contributed by atoms with Crippen LogP contribution in [0.2, 0.25) is 0 Å². The van der Waals surface area contributed by atoms with Gasteiger partial charge in [-0.15, -0.1) is 0 Å². The summed E-state index contributed by atoms with van der Waals surface area (Å²) in [5.74, 6) is -2.52. The van der Waals surface area contributed by atoms with E-state index in [1.54, 1.807) is 24.0 Å². The molecule has 0 spiro atoms. The Labute approximate surface area is 321 Å². The normalized spacial score (nSPS) is 19.5. The lowest BCUT2D eigenvalue weighted by atomic mass is 9.98. The Morgan fingerprint density at radius 3 is 2.21 bits per heavy atom. The number of aromatic amines is 1. The van der Waals surface area contributed by atoms with Crippen LogP contribution < -0.4 is 10.6 Å². The molecule has 290 valence electrons. The Balaban J connectivity index is 1.15. The third-order valence-electron chi connectivity index (χ3n) is 10.6. The van der Waals surface area contributed by atoms with Crippen LogP contribution in [0.1, 0.15) is 53.7 Å². The fraction of sp³-hybridized carbons (Fsp3) is 0.268. The number of rotatable bonds is 9. The molecule has 5 aromatic rings. The second kappa shape index (κ2) is 15.4. The maximum atomic E-state index is 14.6. The van der Waals surface area contributed by atoms with Crippen LogP contribution >= 0.6 is 7.60 Å². The second-order valence-corrected chi connectivity index (χ2v) is 15.9. The number of nitrogens with zero attached hydrogens (tertiary/aromatic N) is 2. The van der Waals surface area contributed by atoms with Gasteiger partial charge in [-0.1, -0.05) is 78.9 Å². The molecule has 7 rings (SSSR count). The largest absolute Gasteiger partial charge is 0.399 e. The molecule has 15 heteroatoms. The number of aromatic nitrogens is 1. The number of amides is 4. The van der Waals surface area contributed by atoms with Gasteiger partial charge in [0, 0.05) is 41.3 Å². The van der Waals surface area contributed by atoms with Crippen LogP contribution in [-0.4, -0.2) is 79.4 Å². The first kappa shape index (κ1) is 38.6. The van der Waals surface area contributed by atoms with Crippen molar-refractivity contribution in [2.75, 3.05) is 18.4 Å². The van der Waals surface area contributed by atoms with Gasteiger partial charge in [0.25, 0.3) is 5.91 Å². The van der Waals surface area contributed by atoms with E-state index in [9.17, 15) is 42.3 Å². The lowest BCUT2D eigenvalue weighted by molar-refractivity contribution is -0.144. The predicted molar refractivity (Wildman–Crippen MR) is 206 cm³/mol. The molecule has 0 aliphatic carbocycles. The summed E-state index contributed by atoms with van der Waals surface area (Å²) >= 11 is 0. The number of carbonyl (C=O) groups is 4. The highest BCUT2D eigenvalue weighted by Crippen LogP contribution is 2.59. The van der Waals surface area contributed by atoms with Gasteiger partial charge in [0.05, 0.1) is 5.92 Å². The number of hydrogen-bond acceptors (Lipinski definition) is 5. The minimum Gasteiger partial charge on any atom is -0.351 e. The third-order valence-corrected chi connectivity index (χ3v) is 11.6. The molecule has 1 aromatic heterocycles. The van der Waals surface area contributed by atoms with Crippen molar-refractivity contribution in [2.24, 2.45) is 0 Å². The topological polar surface area (TPSA) is 172 Å². The van der Waals surface area contributed by atoms with E-state index in [2.05, 4.69) is 15.6 Å². The molecule has 5 N–H and O–H groups in total. The molecule has 0 radical (unpaired) electrons. The van der Waals surface area contributed by atoms with Gasteiger partial charge >= 0.3 is 13.3 Å². The number of nitrogens with one attached hydrogen (secondary N) is 3. The number of anilines is 1. The van der Waals surface area contributed by atoms with E-state index in [0.29, 0.717) is 24.9 Å². The van der Waals surface area contributed by atoms with E-state index >= 15 is 0 Å². The molecule has 4 amide bonds. The Kier molecular flexibility index (Phi) is 10.6. The number of carbonyl (C=O) groups excluding carboxylic acids is 4. The SMILES string of the molecule is C[C@@H](C(=O)N1CC[C@H]2CC[C@@H](C(=O)Nc3ccc(-c4ccccc4)cc3)N2C(=O)C(NC(=O)c2cc3cc(C(F)(F)P(=O)(O)O)ccc3[nH]2)C1)c1ccccc1. The first-order valence-electron chi connectivity index (χ1n) is 18.2. The van der Waals surface area contributed by atoms with Crippen LogP contribution in [-0.2, 0) is 24.6 Å². The van der Waals surface area contributed by atoms with Crippen LogP contribution in [0.3, 0.4) is 0 Å². The Hall–Kier alpha value is -5.69. The zero-order valence-corrected chi connectivity index (χ0v) is 31.2. The van der Waals surface area contributed by atoms with E-state index in [0.717, 1.165) is 28.8 Å². The minimum absolute atomic E-state index is 0.0754. The van der Waals surface area contributed by atoms with Gasteiger partial charge in [0.1, 0.15) is 17.8 Å². The average Bonchev–Trinajstić information content (AvgIpc) is 3.82. The first-order valence-corrected chi connectivity index (χ1v) is 19.8. The van der Waals surface area contributed by atoms with Crippen LogP contribution in [0.5, 0.6) is 0 Å². The maximum absolute atomic E-state index is 14.6. The van der Waals surface area contributed by atoms with Crippen molar-refractivity contribution in [3.8, 4) is 11.1 Å². The van der Waals surface area contributed by atoms with Crippen molar-refractivity contribution >= 4 is 47.8 Å². The molecule has 0 bridgehead atoms. The van der Waals surface area contributed by atoms with Gasteiger partial charge in [0.2, 0.25) is 17.7 Å². The summed E-state index contributed by atoms with van der Waals surface area (Å²) in [4.78, 5) is 80.5. The standard InChI is InChI=1S/C41H40F2N5O7P/c1-25(26-8-4-2-5-9-26)39(51)47-21-20-32-17-19-36(38(50)44-31-15-12-28(13-16-31)27-10-6-3-7-11-27)48(32)40(52)35(24-47)46-37(49)34-23-29-22-30(14-18-33(29)45-34)41(42,43)56(53,54)55/h2-16,18,22-23,25,32,35-36,45H,17,19-21,24H2,1H3,(H,44,50)(H,46,49)(H2,53,54,55)/t25-,32-,35?,36+/m1/s1. The summed E-state index contributed by atoms with van der Waals surface area (Å²) in [6.07, 6.45) is 1.28. The summed E-state index contributed by atoms with van der Waals surface area (Å²) in [6.45, 7) is 1.84. The maximum Gasteiger partial charge on any atom is 0.399 e. The van der Waals surface area contributed by atoms with E-state index < -0.39 is 54.7 Å².